The average Bonchev–Trinajstić information content (AvgIpc) is 2.34. The van der Waals surface area contributed by atoms with Crippen LogP contribution in [0.15, 0.2) is 29.2 Å². The summed E-state index contributed by atoms with van der Waals surface area (Å²) in [5.41, 5.74) is 0. The molecule has 0 spiro atoms. The second-order valence-corrected chi connectivity index (χ2v) is 5.39. The molecule has 1 rings (SSSR count). The summed E-state index contributed by atoms with van der Waals surface area (Å²) in [5.74, 6) is 0.613. The van der Waals surface area contributed by atoms with Crippen molar-refractivity contribution in [3.05, 3.63) is 24.3 Å². The van der Waals surface area contributed by atoms with Crippen molar-refractivity contribution >= 4 is 11.1 Å². The highest BCUT2D eigenvalue weighted by Crippen LogP contribution is 2.18. The van der Waals surface area contributed by atoms with E-state index >= 15 is 0 Å². The Morgan fingerprint density at radius 1 is 1.44 bits per heavy atom. The van der Waals surface area contributed by atoms with E-state index in [-0.39, 0.29) is 11.0 Å². The molecule has 1 aromatic carbocycles. The molecule has 0 aliphatic rings. The van der Waals surface area contributed by atoms with Crippen molar-refractivity contribution in [2.75, 3.05) is 20.6 Å². The van der Waals surface area contributed by atoms with E-state index in [0.29, 0.717) is 5.75 Å². The molecule has 0 aliphatic heterocycles. The monoisotopic (exact) mass is 270 g/mol. The topological polar surface area (TPSA) is 52.6 Å². The number of hydrogen-bond donors (Lipinski definition) is 0. The quantitative estimate of drug-likeness (QED) is 0.711. The van der Waals surface area contributed by atoms with Gasteiger partial charge in [0.1, 0.15) is 5.75 Å². The van der Waals surface area contributed by atoms with E-state index in [2.05, 4.69) is 11.8 Å². The van der Waals surface area contributed by atoms with Crippen LogP contribution >= 0.6 is 0 Å². The van der Waals surface area contributed by atoms with E-state index in [1.807, 2.05) is 14.1 Å². The molecule has 0 heterocycles. The lowest BCUT2D eigenvalue weighted by molar-refractivity contribution is 0.172. The van der Waals surface area contributed by atoms with Crippen LogP contribution in [0.4, 0.5) is 0 Å². The third kappa shape index (κ3) is 5.16. The molecule has 0 bridgehead atoms. The fourth-order valence-corrected chi connectivity index (χ4v) is 1.99. The smallest absolute Gasteiger partial charge is 0.120 e. The summed E-state index contributed by atoms with van der Waals surface area (Å²) in [7, 11) is 4.04. The van der Waals surface area contributed by atoms with E-state index in [1.54, 1.807) is 24.3 Å². The zero-order valence-electron chi connectivity index (χ0n) is 11.1. The molecule has 0 fully saturated rings. The first-order valence-corrected chi connectivity index (χ1v) is 7.11. The van der Waals surface area contributed by atoms with Crippen molar-refractivity contribution in [2.24, 2.45) is 0 Å². The largest absolute Gasteiger partial charge is 0.768 e. The van der Waals surface area contributed by atoms with E-state index in [1.165, 1.54) is 0 Å². The predicted molar refractivity (Wildman–Crippen MR) is 71.5 cm³/mol. The normalized spacial score (nSPS) is 14.5. The lowest BCUT2D eigenvalue weighted by Crippen LogP contribution is -2.23. The lowest BCUT2D eigenvalue weighted by Gasteiger charge is -2.20. The van der Waals surface area contributed by atoms with Gasteiger partial charge in [-0.1, -0.05) is 13.0 Å². The van der Waals surface area contributed by atoms with Crippen molar-refractivity contribution < 1.29 is 13.5 Å². The van der Waals surface area contributed by atoms with Gasteiger partial charge in [0.05, 0.1) is 6.10 Å². The number of rotatable bonds is 7. The van der Waals surface area contributed by atoms with E-state index in [4.69, 9.17) is 4.74 Å². The van der Waals surface area contributed by atoms with Crippen LogP contribution in [0, 0.1) is 0 Å². The lowest BCUT2D eigenvalue weighted by atomic mass is 10.2. The SMILES string of the molecule is CCC(CCN(C)C)Oc1cccc(S(=O)[O-])c1. The van der Waals surface area contributed by atoms with Gasteiger partial charge in [0, 0.05) is 11.4 Å². The first-order chi connectivity index (χ1) is 8.52. The molecule has 0 saturated carbocycles. The van der Waals surface area contributed by atoms with Gasteiger partial charge in [0.15, 0.2) is 0 Å². The van der Waals surface area contributed by atoms with E-state index in [0.717, 1.165) is 19.4 Å². The van der Waals surface area contributed by atoms with Crippen LogP contribution < -0.4 is 4.74 Å². The van der Waals surface area contributed by atoms with Crippen LogP contribution in [0.5, 0.6) is 5.75 Å². The minimum atomic E-state index is -2.21. The Balaban J connectivity index is 2.63. The number of ether oxygens (including phenoxy) is 1. The third-order valence-electron chi connectivity index (χ3n) is 2.65. The molecule has 0 N–H and O–H groups in total. The van der Waals surface area contributed by atoms with Gasteiger partial charge in [-0.2, -0.15) is 0 Å². The molecule has 2 unspecified atom stereocenters. The van der Waals surface area contributed by atoms with Crippen molar-refractivity contribution in [1.29, 1.82) is 0 Å². The van der Waals surface area contributed by atoms with Crippen LogP contribution in [0.25, 0.3) is 0 Å². The third-order valence-corrected chi connectivity index (χ3v) is 3.29. The van der Waals surface area contributed by atoms with Crippen molar-refractivity contribution in [2.45, 2.75) is 30.8 Å². The summed E-state index contributed by atoms with van der Waals surface area (Å²) in [6, 6.07) is 6.59. The molecule has 5 heteroatoms. The maximum absolute atomic E-state index is 10.9. The molecular formula is C13H20NO3S-. The maximum Gasteiger partial charge on any atom is 0.120 e. The molecule has 0 amide bonds. The van der Waals surface area contributed by atoms with Gasteiger partial charge in [0.25, 0.3) is 0 Å². The molecule has 0 saturated heterocycles. The Bertz CT molecular complexity index is 396. The second-order valence-electron chi connectivity index (χ2n) is 4.45. The van der Waals surface area contributed by atoms with Gasteiger partial charge in [-0.25, -0.2) is 0 Å². The molecule has 4 nitrogen and oxygen atoms in total. The first-order valence-electron chi connectivity index (χ1n) is 6.03. The molecule has 0 radical (unpaired) electrons. The fraction of sp³-hybridized carbons (Fsp3) is 0.538. The average molecular weight is 270 g/mol. The summed E-state index contributed by atoms with van der Waals surface area (Å²) < 4.78 is 27.5. The Morgan fingerprint density at radius 3 is 2.72 bits per heavy atom. The maximum atomic E-state index is 10.9. The highest BCUT2D eigenvalue weighted by atomic mass is 32.2. The molecule has 1 aromatic rings. The Kier molecular flexibility index (Phi) is 6.32. The van der Waals surface area contributed by atoms with Gasteiger partial charge in [-0.15, -0.1) is 0 Å². The molecule has 0 aromatic heterocycles. The van der Waals surface area contributed by atoms with E-state index in [9.17, 15) is 8.76 Å². The van der Waals surface area contributed by atoms with Gasteiger partial charge < -0.3 is 14.2 Å². The number of nitrogens with zero attached hydrogens (tertiary/aromatic N) is 1. The second kappa shape index (κ2) is 7.51. The van der Waals surface area contributed by atoms with Gasteiger partial charge >= 0.3 is 0 Å². The van der Waals surface area contributed by atoms with Gasteiger partial charge in [-0.05, 0) is 56.2 Å². The van der Waals surface area contributed by atoms with Crippen LogP contribution in [-0.4, -0.2) is 40.4 Å². The van der Waals surface area contributed by atoms with Crippen molar-refractivity contribution in [1.82, 2.24) is 4.90 Å². The molecule has 102 valence electrons. The van der Waals surface area contributed by atoms with Crippen molar-refractivity contribution in [3.8, 4) is 5.75 Å². The van der Waals surface area contributed by atoms with Gasteiger partial charge in [-0.3, -0.25) is 4.21 Å². The minimum Gasteiger partial charge on any atom is -0.768 e. The molecule has 18 heavy (non-hydrogen) atoms. The minimum absolute atomic E-state index is 0.114. The standard InChI is InChI=1S/C13H21NO3S/c1-4-11(8-9-14(2)3)17-12-6-5-7-13(10-12)18(15)16/h5-7,10-11H,4,8-9H2,1-3H3,(H,15,16)/p-1. The highest BCUT2D eigenvalue weighted by molar-refractivity contribution is 7.79. The van der Waals surface area contributed by atoms with Crippen LogP contribution in [0.3, 0.4) is 0 Å². The molecule has 2 atom stereocenters. The zero-order valence-corrected chi connectivity index (χ0v) is 11.9. The predicted octanol–water partition coefficient (Wildman–Crippen LogP) is 2.03. The molecular weight excluding hydrogens is 250 g/mol. The van der Waals surface area contributed by atoms with Crippen LogP contribution in [-0.2, 0) is 11.1 Å². The van der Waals surface area contributed by atoms with Crippen molar-refractivity contribution in [3.63, 3.8) is 0 Å². The fourth-order valence-electron chi connectivity index (χ4n) is 1.59. The summed E-state index contributed by atoms with van der Waals surface area (Å²) >= 11 is -2.21. The van der Waals surface area contributed by atoms with Crippen LogP contribution in [0.2, 0.25) is 0 Å². The Hall–Kier alpha value is -0.910. The van der Waals surface area contributed by atoms with E-state index < -0.39 is 11.1 Å². The highest BCUT2D eigenvalue weighted by Gasteiger charge is 2.09. The number of hydrogen-bond acceptors (Lipinski definition) is 4. The molecule has 0 aliphatic carbocycles. The summed E-state index contributed by atoms with van der Waals surface area (Å²) in [4.78, 5) is 2.37. The summed E-state index contributed by atoms with van der Waals surface area (Å²) in [6.07, 6.45) is 1.94. The first kappa shape index (κ1) is 15.1. The summed E-state index contributed by atoms with van der Waals surface area (Å²) in [5, 5.41) is 0. The Morgan fingerprint density at radius 2 is 2.17 bits per heavy atom. The number of benzene rings is 1. The van der Waals surface area contributed by atoms with Gasteiger partial charge in [0.2, 0.25) is 0 Å². The summed E-state index contributed by atoms with van der Waals surface area (Å²) in [6.45, 7) is 3.02. The Labute approximate surface area is 111 Å². The zero-order chi connectivity index (χ0) is 13.5. The van der Waals surface area contributed by atoms with Crippen LogP contribution in [0.1, 0.15) is 19.8 Å².